The number of aromatic nitrogens is 1. The van der Waals surface area contributed by atoms with E-state index in [-0.39, 0.29) is 12.1 Å². The molecule has 2 heterocycles. The summed E-state index contributed by atoms with van der Waals surface area (Å²) in [5.41, 5.74) is 6.21. The number of nitrogens with zero attached hydrogens (tertiary/aromatic N) is 3. The average molecular weight is 547 g/mol. The first-order valence-corrected chi connectivity index (χ1v) is 13.5. The number of carbonyl (C=O) groups is 1. The van der Waals surface area contributed by atoms with Crippen LogP contribution in [-0.2, 0) is 11.3 Å². The molecule has 202 valence electrons. The maximum atomic E-state index is 12.6. The van der Waals surface area contributed by atoms with Crippen LogP contribution in [0.2, 0.25) is 0 Å². The van der Waals surface area contributed by atoms with Crippen LogP contribution in [0.1, 0.15) is 11.3 Å². The van der Waals surface area contributed by atoms with Crippen molar-refractivity contribution >= 4 is 40.0 Å². The van der Waals surface area contributed by atoms with E-state index in [0.717, 1.165) is 33.8 Å². The number of para-hydroxylation sites is 2. The topological polar surface area (TPSA) is 82.2 Å². The first-order chi connectivity index (χ1) is 20.7. The second-order valence-corrected chi connectivity index (χ2v) is 9.63. The highest BCUT2D eigenvalue weighted by molar-refractivity contribution is 6.02. The highest BCUT2D eigenvalue weighted by Gasteiger charge is 2.14. The van der Waals surface area contributed by atoms with Crippen molar-refractivity contribution in [3.05, 3.63) is 150 Å². The van der Waals surface area contributed by atoms with Crippen molar-refractivity contribution in [1.82, 2.24) is 10.3 Å². The van der Waals surface area contributed by atoms with Crippen LogP contribution in [-0.4, -0.2) is 10.9 Å². The van der Waals surface area contributed by atoms with Crippen molar-refractivity contribution in [2.75, 3.05) is 4.90 Å². The number of hydrogen-bond donors (Lipinski definition) is 1. The molecule has 0 aliphatic rings. The number of hydrogen-bond acceptors (Lipinski definition) is 5. The molecule has 0 aliphatic heterocycles. The molecule has 0 atom stereocenters. The Hall–Kier alpha value is -5.93. The number of benzene rings is 4. The van der Waals surface area contributed by atoms with E-state index in [0.29, 0.717) is 16.8 Å². The summed E-state index contributed by atoms with van der Waals surface area (Å²) in [6.07, 6.45) is 3.22. The summed E-state index contributed by atoms with van der Waals surface area (Å²) in [5, 5.41) is 13.3. The van der Waals surface area contributed by atoms with Crippen LogP contribution in [0.25, 0.3) is 28.4 Å². The average Bonchev–Trinajstić information content (AvgIpc) is 3.48. The SMILES string of the molecule is N#C/C(=C/c1ccc2cc(-c3ccc(N(c4ccccc4)c4ccccc4)cc3)oc2c1)C(=O)NCc1ccccn1. The number of carbonyl (C=O) groups excluding carboxylic acids is 1. The fourth-order valence-electron chi connectivity index (χ4n) is 4.74. The van der Waals surface area contributed by atoms with Gasteiger partial charge in [0.05, 0.1) is 12.2 Å². The molecule has 0 fully saturated rings. The predicted octanol–water partition coefficient (Wildman–Crippen LogP) is 8.19. The molecule has 2 aromatic heterocycles. The van der Waals surface area contributed by atoms with E-state index in [1.165, 1.54) is 0 Å². The molecule has 6 heteroatoms. The summed E-state index contributed by atoms with van der Waals surface area (Å²) in [6.45, 7) is 0.243. The van der Waals surface area contributed by atoms with Crippen LogP contribution in [0.4, 0.5) is 17.1 Å². The summed E-state index contributed by atoms with van der Waals surface area (Å²) in [4.78, 5) is 19.0. The molecule has 0 aliphatic carbocycles. The number of amides is 1. The summed E-state index contributed by atoms with van der Waals surface area (Å²) < 4.78 is 6.21. The van der Waals surface area contributed by atoms with Gasteiger partial charge in [-0.2, -0.15) is 5.26 Å². The number of pyridine rings is 1. The van der Waals surface area contributed by atoms with Gasteiger partial charge in [0, 0.05) is 34.2 Å². The summed E-state index contributed by atoms with van der Waals surface area (Å²) >= 11 is 0. The fourth-order valence-corrected chi connectivity index (χ4v) is 4.74. The summed E-state index contributed by atoms with van der Waals surface area (Å²) in [7, 11) is 0. The van der Waals surface area contributed by atoms with Crippen LogP contribution in [0, 0.1) is 11.3 Å². The standard InChI is InChI=1S/C36H26N4O2/c37-24-29(36(41)39-25-30-9-7-8-20-38-30)21-26-14-15-28-23-35(42-34(28)22-26)27-16-18-33(19-17-27)40(31-10-3-1-4-11-31)32-12-5-2-6-13-32/h1-23H,25H2,(H,39,41)/b29-21-. The largest absolute Gasteiger partial charge is 0.456 e. The van der Waals surface area contributed by atoms with Crippen molar-refractivity contribution in [1.29, 1.82) is 5.26 Å². The van der Waals surface area contributed by atoms with E-state index in [1.54, 1.807) is 12.3 Å². The Morgan fingerprint density at radius 1 is 0.810 bits per heavy atom. The zero-order chi connectivity index (χ0) is 28.7. The van der Waals surface area contributed by atoms with E-state index >= 15 is 0 Å². The van der Waals surface area contributed by atoms with E-state index in [4.69, 9.17) is 4.42 Å². The molecular formula is C36H26N4O2. The number of nitrogens with one attached hydrogen (secondary N) is 1. The van der Waals surface area contributed by atoms with Gasteiger partial charge in [-0.05, 0) is 84.4 Å². The summed E-state index contributed by atoms with van der Waals surface area (Å²) in [5.74, 6) is 0.279. The monoisotopic (exact) mass is 546 g/mol. The third kappa shape index (κ3) is 5.81. The third-order valence-electron chi connectivity index (χ3n) is 6.82. The minimum absolute atomic E-state index is 0.00837. The van der Waals surface area contributed by atoms with Crippen molar-refractivity contribution in [2.45, 2.75) is 6.54 Å². The van der Waals surface area contributed by atoms with Gasteiger partial charge in [0.25, 0.3) is 5.91 Å². The minimum Gasteiger partial charge on any atom is -0.456 e. The Bertz CT molecular complexity index is 1850. The van der Waals surface area contributed by atoms with Gasteiger partial charge in [-0.3, -0.25) is 9.78 Å². The van der Waals surface area contributed by atoms with Gasteiger partial charge in [0.15, 0.2) is 0 Å². The van der Waals surface area contributed by atoms with E-state index in [2.05, 4.69) is 51.6 Å². The van der Waals surface area contributed by atoms with Gasteiger partial charge in [0.1, 0.15) is 23.0 Å². The zero-order valence-corrected chi connectivity index (χ0v) is 22.6. The van der Waals surface area contributed by atoms with Crippen molar-refractivity contribution < 1.29 is 9.21 Å². The zero-order valence-electron chi connectivity index (χ0n) is 22.6. The lowest BCUT2D eigenvalue weighted by atomic mass is 10.1. The second-order valence-electron chi connectivity index (χ2n) is 9.63. The number of furan rings is 1. The molecule has 0 unspecified atom stereocenters. The second kappa shape index (κ2) is 12.1. The molecule has 1 N–H and O–H groups in total. The Balaban J connectivity index is 1.23. The first kappa shape index (κ1) is 26.3. The Labute approximate surface area is 243 Å². The number of anilines is 3. The van der Waals surface area contributed by atoms with Gasteiger partial charge in [-0.1, -0.05) is 54.6 Å². The maximum absolute atomic E-state index is 12.6. The smallest absolute Gasteiger partial charge is 0.262 e. The fraction of sp³-hybridized carbons (Fsp3) is 0.0278. The lowest BCUT2D eigenvalue weighted by Crippen LogP contribution is -2.24. The molecule has 0 bridgehead atoms. The predicted molar refractivity (Wildman–Crippen MR) is 166 cm³/mol. The lowest BCUT2D eigenvalue weighted by Gasteiger charge is -2.25. The Kier molecular flexibility index (Phi) is 7.56. The van der Waals surface area contributed by atoms with Gasteiger partial charge in [-0.25, -0.2) is 0 Å². The molecule has 1 amide bonds. The third-order valence-corrected chi connectivity index (χ3v) is 6.82. The van der Waals surface area contributed by atoms with E-state index in [9.17, 15) is 10.1 Å². The lowest BCUT2D eigenvalue weighted by molar-refractivity contribution is -0.117. The first-order valence-electron chi connectivity index (χ1n) is 13.5. The van der Waals surface area contributed by atoms with E-state index in [1.807, 2.05) is 97.1 Å². The van der Waals surface area contributed by atoms with Gasteiger partial charge < -0.3 is 14.6 Å². The molecule has 0 saturated heterocycles. The Morgan fingerprint density at radius 2 is 1.48 bits per heavy atom. The highest BCUT2D eigenvalue weighted by atomic mass is 16.3. The molecule has 6 rings (SSSR count). The molecule has 6 nitrogen and oxygen atoms in total. The van der Waals surface area contributed by atoms with Crippen molar-refractivity contribution in [3.8, 4) is 17.4 Å². The van der Waals surface area contributed by atoms with Crippen LogP contribution in [0.15, 0.2) is 144 Å². The minimum atomic E-state index is -0.455. The Morgan fingerprint density at radius 3 is 2.12 bits per heavy atom. The number of fused-ring (bicyclic) bond motifs is 1. The molecule has 6 aromatic rings. The highest BCUT2D eigenvalue weighted by Crippen LogP contribution is 2.36. The van der Waals surface area contributed by atoms with Crippen molar-refractivity contribution in [3.63, 3.8) is 0 Å². The normalized spacial score (nSPS) is 11.2. The number of rotatable bonds is 8. The molecule has 4 aromatic carbocycles. The molecule has 0 saturated carbocycles. The van der Waals surface area contributed by atoms with Crippen LogP contribution in [0.3, 0.4) is 0 Å². The summed E-state index contributed by atoms with van der Waals surface area (Å²) in [6, 6.07) is 43.9. The van der Waals surface area contributed by atoms with Crippen LogP contribution < -0.4 is 10.2 Å². The van der Waals surface area contributed by atoms with E-state index < -0.39 is 5.91 Å². The van der Waals surface area contributed by atoms with Gasteiger partial charge in [0.2, 0.25) is 0 Å². The van der Waals surface area contributed by atoms with Gasteiger partial charge >= 0.3 is 0 Å². The van der Waals surface area contributed by atoms with Crippen LogP contribution in [0.5, 0.6) is 0 Å². The van der Waals surface area contributed by atoms with Gasteiger partial charge in [-0.15, -0.1) is 0 Å². The molecular weight excluding hydrogens is 520 g/mol. The quantitative estimate of drug-likeness (QED) is 0.154. The van der Waals surface area contributed by atoms with Crippen molar-refractivity contribution in [2.24, 2.45) is 0 Å². The molecule has 42 heavy (non-hydrogen) atoms. The van der Waals surface area contributed by atoms with Crippen LogP contribution >= 0.6 is 0 Å². The maximum Gasteiger partial charge on any atom is 0.262 e. The molecule has 0 radical (unpaired) electrons. The molecule has 0 spiro atoms. The number of nitriles is 1.